The molecule has 15 aromatic carbocycles. The van der Waals surface area contributed by atoms with Gasteiger partial charge >= 0.3 is 0 Å². The van der Waals surface area contributed by atoms with E-state index in [-0.39, 0.29) is 0 Å². The third kappa shape index (κ3) is 17.1. The Labute approximate surface area is 737 Å². The highest BCUT2D eigenvalue weighted by molar-refractivity contribution is 7.26. The number of benzene rings is 15. The minimum absolute atomic E-state index is 0.855. The number of fused-ring (bicyclic) bond motifs is 27. The van der Waals surface area contributed by atoms with Gasteiger partial charge in [-0.05, 0) is 227 Å². The summed E-state index contributed by atoms with van der Waals surface area (Å²) in [5.74, 6) is 0. The van der Waals surface area contributed by atoms with Crippen LogP contribution in [0.3, 0.4) is 0 Å². The summed E-state index contributed by atoms with van der Waals surface area (Å²) in [5.41, 5.74) is 36.2. The number of hydrogen-bond acceptors (Lipinski definition) is 10. The Balaban J connectivity index is 0.0000000926. The molecule has 126 heavy (non-hydrogen) atoms. The molecule has 0 radical (unpaired) electrons. The molecule has 0 unspecified atom stereocenters. The first-order chi connectivity index (χ1) is 61.6. The molecular weight excluding hydrogens is 1580 g/mol. The number of H-pyrrole nitrogens is 3. The van der Waals surface area contributed by atoms with Crippen LogP contribution in [0, 0.1) is 62.3 Å². The van der Waals surface area contributed by atoms with Gasteiger partial charge in [-0.2, -0.15) is 0 Å². The second-order valence-corrected chi connectivity index (χ2v) is 34.9. The lowest BCUT2D eigenvalue weighted by Gasteiger charge is -2.01. The highest BCUT2D eigenvalue weighted by Gasteiger charge is 2.20. The summed E-state index contributed by atoms with van der Waals surface area (Å²) in [6.07, 6.45) is 12.4. The van der Waals surface area contributed by atoms with Crippen molar-refractivity contribution in [2.75, 3.05) is 0 Å². The predicted octanol–water partition coefficient (Wildman–Crippen LogP) is 30.9. The van der Waals surface area contributed by atoms with Gasteiger partial charge in [0.15, 0.2) is 5.65 Å². The maximum atomic E-state index is 5.73. The van der Waals surface area contributed by atoms with Crippen molar-refractivity contribution in [3.63, 3.8) is 0 Å². The molecule has 0 saturated carbocycles. The number of thiophene rings is 2. The fraction of sp³-hybridized carbons (Fsp3) is 0.0973. The summed E-state index contributed by atoms with van der Waals surface area (Å²) in [6.45, 7) is 19.0. The topological polar surface area (TPSA) is 151 Å². The summed E-state index contributed by atoms with van der Waals surface area (Å²) in [5, 5.41) is 13.8. The fourth-order valence-corrected chi connectivity index (χ4v) is 19.4. The highest BCUT2D eigenvalue weighted by Crippen LogP contribution is 2.41. The van der Waals surface area contributed by atoms with Crippen molar-refractivity contribution in [3.05, 3.63) is 419 Å². The number of aromatic amines is 3. The molecule has 2 aliphatic rings. The molecule has 0 bridgehead atoms. The first-order valence-corrected chi connectivity index (χ1v) is 44.2. The zero-order chi connectivity index (χ0) is 85.9. The lowest BCUT2D eigenvalue weighted by Crippen LogP contribution is -1.80. The van der Waals surface area contributed by atoms with Crippen molar-refractivity contribution < 1.29 is 8.83 Å². The molecule has 0 spiro atoms. The van der Waals surface area contributed by atoms with Crippen LogP contribution in [-0.2, 0) is 12.8 Å². The van der Waals surface area contributed by atoms with Crippen LogP contribution >= 0.6 is 22.7 Å². The Morgan fingerprint density at radius 1 is 0.238 bits per heavy atom. The minimum Gasteiger partial charge on any atom is -0.456 e. The molecule has 0 saturated heterocycles. The summed E-state index contributed by atoms with van der Waals surface area (Å²) >= 11 is 3.75. The molecule has 11 nitrogen and oxygen atoms in total. The van der Waals surface area contributed by atoms with Crippen LogP contribution < -0.4 is 0 Å². The monoisotopic (exact) mass is 1670 g/mol. The average molecular weight is 1670 g/mol. The molecular formula is C113H91N9O2S2. The molecule has 0 atom stereocenters. The number of furan rings is 2. The van der Waals surface area contributed by atoms with Crippen molar-refractivity contribution in [2.45, 2.75) is 75.2 Å². The van der Waals surface area contributed by atoms with Crippen LogP contribution in [0.1, 0.15) is 72.3 Å². The summed E-state index contributed by atoms with van der Waals surface area (Å²) in [4.78, 5) is 34.9. The van der Waals surface area contributed by atoms with E-state index in [1.165, 1.54) is 162 Å². The Morgan fingerprint density at radius 3 is 1.35 bits per heavy atom. The van der Waals surface area contributed by atoms with E-state index < -0.39 is 0 Å². The van der Waals surface area contributed by atoms with Gasteiger partial charge in [0.2, 0.25) is 0 Å². The summed E-state index contributed by atoms with van der Waals surface area (Å²) < 4.78 is 17.0. The largest absolute Gasteiger partial charge is 0.456 e. The average Bonchev–Trinajstić information content (AvgIpc) is 1.70. The Bertz CT molecular complexity index is 7610. The van der Waals surface area contributed by atoms with E-state index in [1.54, 1.807) is 37.4 Å². The lowest BCUT2D eigenvalue weighted by molar-refractivity contribution is 0.668. The van der Waals surface area contributed by atoms with Crippen molar-refractivity contribution in [2.24, 2.45) is 0 Å². The van der Waals surface area contributed by atoms with E-state index in [9.17, 15) is 0 Å². The van der Waals surface area contributed by atoms with Crippen LogP contribution in [0.5, 0.6) is 0 Å². The smallest absolute Gasteiger partial charge is 0.157 e. The fourth-order valence-electron chi connectivity index (χ4n) is 17.1. The number of aryl methyl sites for hydroxylation is 9. The Morgan fingerprint density at radius 2 is 0.651 bits per heavy atom. The minimum atomic E-state index is 0.855. The third-order valence-electron chi connectivity index (χ3n) is 23.2. The van der Waals surface area contributed by atoms with Crippen LogP contribution in [-0.4, -0.2) is 44.9 Å². The molecule has 25 aromatic rings. The zero-order valence-electron chi connectivity index (χ0n) is 71.6. The third-order valence-corrected chi connectivity index (χ3v) is 25.5. The van der Waals surface area contributed by atoms with Crippen molar-refractivity contribution >= 4 is 173 Å². The normalized spacial score (nSPS) is 11.5. The second kappa shape index (κ2) is 35.4. The Kier molecular flexibility index (Phi) is 22.7. The molecule has 27 rings (SSSR count). The lowest BCUT2D eigenvalue weighted by atomic mass is 10.0. The first kappa shape index (κ1) is 80.7. The second-order valence-electron chi connectivity index (χ2n) is 32.7. The van der Waals surface area contributed by atoms with Crippen LogP contribution in [0.4, 0.5) is 0 Å². The van der Waals surface area contributed by atoms with Crippen molar-refractivity contribution in [1.82, 2.24) is 44.9 Å². The van der Waals surface area contributed by atoms with Crippen LogP contribution in [0.25, 0.3) is 172 Å². The maximum absolute atomic E-state index is 5.73. The molecule has 10 heterocycles. The van der Waals surface area contributed by atoms with E-state index >= 15 is 0 Å². The molecule has 612 valence electrons. The quantitative estimate of drug-likeness (QED) is 0.136. The van der Waals surface area contributed by atoms with Gasteiger partial charge in [-0.15, -0.1) is 22.7 Å². The van der Waals surface area contributed by atoms with Gasteiger partial charge in [0.25, 0.3) is 0 Å². The van der Waals surface area contributed by atoms with Gasteiger partial charge in [-0.25, -0.2) is 24.9 Å². The number of para-hydroxylation sites is 2. The standard InChI is InChI=1S/2C14H12.2C13H10O.2C13H10S.3C11H9N3/c1-10-6-7-14-12(8-10)9-11-4-2-3-5-13(11)14;1-10-6-7-12-9-11-4-2-3-5-13(11)14(12)8-10;1-9-6-7-13-11(8-9)10-4-2-3-5-12(10)14-13;1-9-6-7-11-10-4-2-3-5-12(10)14-13(11)8-9;1-9-6-7-13-11(8-9)10-4-2-3-5-12(10)14-13;1-9-6-7-11-10-4-2-3-5-12(10)14-13(11)8-9;1-7-2-3-9-8(4-7)11-10(14-9)5-12-6-13-11;1-7-2-3-8-9(4-7)14-10-5-12-6-13-11(8)10;1-7-2-3-8-9(6-7)14-11-10(8)12-4-5-13-11/h2*2-8H,9H2,1H3;4*2-8H,1H3;2*2-6,14H,1H3;2-6H,1H3,(H,13,14). The van der Waals surface area contributed by atoms with Gasteiger partial charge in [-0.3, -0.25) is 4.98 Å². The van der Waals surface area contributed by atoms with Crippen LogP contribution in [0.15, 0.2) is 356 Å². The van der Waals surface area contributed by atoms with Crippen LogP contribution in [0.2, 0.25) is 0 Å². The van der Waals surface area contributed by atoms with E-state index in [0.29, 0.717) is 0 Å². The number of rotatable bonds is 0. The maximum Gasteiger partial charge on any atom is 0.157 e. The molecule has 0 fully saturated rings. The molecule has 0 amide bonds. The summed E-state index contributed by atoms with van der Waals surface area (Å²) in [6, 6.07) is 109. The van der Waals surface area contributed by atoms with Gasteiger partial charge in [0, 0.05) is 107 Å². The van der Waals surface area contributed by atoms with Gasteiger partial charge in [0.05, 0.1) is 34.5 Å². The molecule has 3 N–H and O–H groups in total. The molecule has 2 aliphatic carbocycles. The molecule has 0 aliphatic heterocycles. The molecule has 10 aromatic heterocycles. The van der Waals surface area contributed by atoms with E-state index in [4.69, 9.17) is 8.83 Å². The zero-order valence-corrected chi connectivity index (χ0v) is 73.3. The predicted molar refractivity (Wildman–Crippen MR) is 532 cm³/mol. The van der Waals surface area contributed by atoms with Crippen molar-refractivity contribution in [3.8, 4) is 22.3 Å². The van der Waals surface area contributed by atoms with Gasteiger partial charge < -0.3 is 23.8 Å². The van der Waals surface area contributed by atoms with Gasteiger partial charge in [-0.1, -0.05) is 252 Å². The van der Waals surface area contributed by atoms with E-state index in [2.05, 4.69) is 374 Å². The van der Waals surface area contributed by atoms with Crippen molar-refractivity contribution in [1.29, 1.82) is 0 Å². The number of nitrogens with zero attached hydrogens (tertiary/aromatic N) is 6. The highest BCUT2D eigenvalue weighted by atomic mass is 32.1. The van der Waals surface area contributed by atoms with Gasteiger partial charge in [0.1, 0.15) is 40.5 Å². The van der Waals surface area contributed by atoms with E-state index in [1.807, 2.05) is 65.1 Å². The molecule has 13 heteroatoms. The van der Waals surface area contributed by atoms with E-state index in [0.717, 1.165) is 95.7 Å². The number of aromatic nitrogens is 9. The first-order valence-electron chi connectivity index (χ1n) is 42.5. The number of nitrogens with one attached hydrogen (secondary N) is 3. The Hall–Kier alpha value is -15.0. The SMILES string of the molecule is Cc1ccc2[nH]c3cncnc3c2c1.Cc1ccc2c(c1)-c1ccccc1C2.Cc1ccc2c(c1)Cc1ccccc1-2.Cc1ccc2c(c1)[nH]c1cncnc12.Cc1ccc2c(c1)[nH]c1nccnc12.Cc1ccc2c(c1)oc1ccccc12.Cc1ccc2c(c1)sc1ccccc12.Cc1ccc2oc3ccccc3c2c1.Cc1ccc2sc3ccccc3c2c1. The summed E-state index contributed by atoms with van der Waals surface area (Å²) in [7, 11) is 0. The number of hydrogen-bond donors (Lipinski definition) is 3.